The van der Waals surface area contributed by atoms with Crippen LogP contribution < -0.4 is 9.47 Å². The Bertz CT molecular complexity index is 759. The van der Waals surface area contributed by atoms with Crippen LogP contribution in [0.15, 0.2) is 36.4 Å². The lowest BCUT2D eigenvalue weighted by Crippen LogP contribution is -2.40. The van der Waals surface area contributed by atoms with Crippen molar-refractivity contribution < 1.29 is 9.47 Å². The number of ether oxygens (including phenoxy) is 2. The van der Waals surface area contributed by atoms with Crippen LogP contribution in [0.25, 0.3) is 0 Å². The summed E-state index contributed by atoms with van der Waals surface area (Å²) in [6.07, 6.45) is 3.43. The molecule has 4 heteroatoms. The van der Waals surface area contributed by atoms with Gasteiger partial charge in [0.05, 0.1) is 14.2 Å². The van der Waals surface area contributed by atoms with Crippen molar-refractivity contribution in [3.8, 4) is 11.5 Å². The molecule has 2 aromatic carbocycles. The van der Waals surface area contributed by atoms with Crippen molar-refractivity contribution in [2.75, 3.05) is 27.3 Å². The summed E-state index contributed by atoms with van der Waals surface area (Å²) >= 11 is 6.06. The third-order valence-electron chi connectivity index (χ3n) is 5.73. The van der Waals surface area contributed by atoms with Gasteiger partial charge in [-0.3, -0.25) is 4.90 Å². The molecule has 2 heterocycles. The van der Waals surface area contributed by atoms with Crippen molar-refractivity contribution in [3.05, 3.63) is 58.1 Å². The van der Waals surface area contributed by atoms with E-state index in [4.69, 9.17) is 21.1 Å². The van der Waals surface area contributed by atoms with Crippen LogP contribution in [0.4, 0.5) is 0 Å². The summed E-state index contributed by atoms with van der Waals surface area (Å²) in [7, 11) is 3.42. The van der Waals surface area contributed by atoms with Gasteiger partial charge in [0, 0.05) is 17.6 Å². The van der Waals surface area contributed by atoms with Gasteiger partial charge in [-0.25, -0.2) is 0 Å². The summed E-state index contributed by atoms with van der Waals surface area (Å²) in [5.74, 6) is 2.24. The minimum atomic E-state index is 0.456. The Morgan fingerprint density at radius 3 is 2.44 bits per heavy atom. The molecule has 3 nitrogen and oxygen atoms in total. The first-order valence-corrected chi connectivity index (χ1v) is 9.31. The minimum Gasteiger partial charge on any atom is -0.493 e. The Balaban J connectivity index is 1.66. The third kappa shape index (κ3) is 3.11. The lowest BCUT2D eigenvalue weighted by Gasteiger charge is -2.43. The minimum absolute atomic E-state index is 0.456. The summed E-state index contributed by atoms with van der Waals surface area (Å²) in [6.45, 7) is 2.27. The zero-order chi connectivity index (χ0) is 17.4. The summed E-state index contributed by atoms with van der Waals surface area (Å²) in [6, 6.07) is 13.2. The largest absolute Gasteiger partial charge is 0.493 e. The predicted octanol–water partition coefficient (Wildman–Crippen LogP) is 4.83. The molecule has 0 saturated carbocycles. The first kappa shape index (κ1) is 16.7. The summed E-state index contributed by atoms with van der Waals surface area (Å²) < 4.78 is 11.0. The molecular formula is C21H24ClNO2. The van der Waals surface area contributed by atoms with Gasteiger partial charge in [0.15, 0.2) is 11.5 Å². The van der Waals surface area contributed by atoms with Gasteiger partial charge in [0.1, 0.15) is 0 Å². The van der Waals surface area contributed by atoms with Crippen LogP contribution >= 0.6 is 11.6 Å². The fraction of sp³-hybridized carbons (Fsp3) is 0.429. The number of nitrogens with zero attached hydrogens (tertiary/aromatic N) is 1. The highest BCUT2D eigenvalue weighted by Gasteiger charge is 2.34. The molecule has 25 heavy (non-hydrogen) atoms. The van der Waals surface area contributed by atoms with Gasteiger partial charge < -0.3 is 9.47 Å². The molecule has 2 aromatic rings. The fourth-order valence-corrected chi connectivity index (χ4v) is 4.50. The lowest BCUT2D eigenvalue weighted by atomic mass is 9.79. The number of rotatable bonds is 3. The van der Waals surface area contributed by atoms with E-state index in [1.54, 1.807) is 14.2 Å². The summed E-state index contributed by atoms with van der Waals surface area (Å²) in [4.78, 5) is 2.63. The third-order valence-corrected chi connectivity index (χ3v) is 5.98. The second kappa shape index (κ2) is 6.89. The standard InChI is InChI=1S/C21H24ClNO2/c1-24-20-12-16-8-10-23-9-7-15(14-3-5-17(22)6-4-14)11-19(23)18(16)13-21(20)25-2/h3-6,12-13,15,19H,7-11H2,1-2H3/t15-,19+/m1/s1. The SMILES string of the molecule is COc1cc2c(cc1OC)[C@@H]1C[C@H](c3ccc(Cl)cc3)CCN1CC2. The predicted molar refractivity (Wildman–Crippen MR) is 101 cm³/mol. The van der Waals surface area contributed by atoms with Crippen molar-refractivity contribution >= 4 is 11.6 Å². The smallest absolute Gasteiger partial charge is 0.161 e. The average molecular weight is 358 g/mol. The van der Waals surface area contributed by atoms with Gasteiger partial charge in [-0.05, 0) is 72.7 Å². The van der Waals surface area contributed by atoms with Gasteiger partial charge in [-0.2, -0.15) is 0 Å². The number of piperidine rings is 1. The second-order valence-electron chi connectivity index (χ2n) is 6.98. The van der Waals surface area contributed by atoms with Gasteiger partial charge in [-0.1, -0.05) is 23.7 Å². The van der Waals surface area contributed by atoms with Gasteiger partial charge in [-0.15, -0.1) is 0 Å². The van der Waals surface area contributed by atoms with E-state index in [1.165, 1.54) is 23.1 Å². The van der Waals surface area contributed by atoms with Crippen LogP contribution in [0, 0.1) is 0 Å². The molecule has 0 N–H and O–H groups in total. The number of methoxy groups -OCH3 is 2. The molecule has 132 valence electrons. The highest BCUT2D eigenvalue weighted by Crippen LogP contribution is 2.45. The molecule has 0 radical (unpaired) electrons. The highest BCUT2D eigenvalue weighted by molar-refractivity contribution is 6.30. The second-order valence-corrected chi connectivity index (χ2v) is 7.42. The molecule has 2 aliphatic rings. The van der Waals surface area contributed by atoms with E-state index in [2.05, 4.69) is 29.2 Å². The van der Waals surface area contributed by atoms with Crippen LogP contribution in [0.1, 0.15) is 41.5 Å². The number of halogens is 1. The Kier molecular flexibility index (Phi) is 4.61. The van der Waals surface area contributed by atoms with E-state index in [9.17, 15) is 0 Å². The molecule has 2 atom stereocenters. The fourth-order valence-electron chi connectivity index (χ4n) is 4.37. The number of hydrogen-bond donors (Lipinski definition) is 0. The van der Waals surface area contributed by atoms with Crippen LogP contribution in [0.2, 0.25) is 5.02 Å². The maximum Gasteiger partial charge on any atom is 0.161 e. The van der Waals surface area contributed by atoms with E-state index in [-0.39, 0.29) is 0 Å². The Morgan fingerprint density at radius 1 is 1.00 bits per heavy atom. The Morgan fingerprint density at radius 2 is 1.72 bits per heavy atom. The Labute approximate surface area is 154 Å². The zero-order valence-corrected chi connectivity index (χ0v) is 15.6. The molecule has 4 rings (SSSR count). The van der Waals surface area contributed by atoms with Crippen molar-refractivity contribution in [2.24, 2.45) is 0 Å². The van der Waals surface area contributed by atoms with E-state index in [0.29, 0.717) is 12.0 Å². The lowest BCUT2D eigenvalue weighted by molar-refractivity contribution is 0.125. The zero-order valence-electron chi connectivity index (χ0n) is 14.8. The van der Waals surface area contributed by atoms with Crippen LogP contribution in [-0.2, 0) is 6.42 Å². The average Bonchev–Trinajstić information content (AvgIpc) is 2.66. The monoisotopic (exact) mass is 357 g/mol. The van der Waals surface area contributed by atoms with E-state index in [0.717, 1.165) is 42.5 Å². The van der Waals surface area contributed by atoms with Gasteiger partial charge in [0.2, 0.25) is 0 Å². The van der Waals surface area contributed by atoms with E-state index < -0.39 is 0 Å². The van der Waals surface area contributed by atoms with Crippen molar-refractivity contribution in [1.29, 1.82) is 0 Å². The molecule has 0 unspecified atom stereocenters. The van der Waals surface area contributed by atoms with Crippen LogP contribution in [0.5, 0.6) is 11.5 Å². The molecule has 0 amide bonds. The maximum atomic E-state index is 6.06. The normalized spacial score (nSPS) is 22.8. The Hall–Kier alpha value is -1.71. The summed E-state index contributed by atoms with van der Waals surface area (Å²) in [5, 5.41) is 0.807. The molecular weight excluding hydrogens is 334 g/mol. The number of fused-ring (bicyclic) bond motifs is 3. The maximum absolute atomic E-state index is 6.06. The molecule has 0 aromatic heterocycles. The van der Waals surface area contributed by atoms with Crippen LogP contribution in [0.3, 0.4) is 0 Å². The molecule has 0 aliphatic carbocycles. The van der Waals surface area contributed by atoms with Crippen molar-refractivity contribution in [2.45, 2.75) is 31.2 Å². The number of hydrogen-bond acceptors (Lipinski definition) is 3. The first-order valence-electron chi connectivity index (χ1n) is 8.94. The summed E-state index contributed by atoms with van der Waals surface area (Å²) in [5.41, 5.74) is 4.20. The van der Waals surface area contributed by atoms with Gasteiger partial charge >= 0.3 is 0 Å². The van der Waals surface area contributed by atoms with Crippen molar-refractivity contribution in [3.63, 3.8) is 0 Å². The quantitative estimate of drug-likeness (QED) is 0.785. The number of benzene rings is 2. The molecule has 1 saturated heterocycles. The molecule has 2 aliphatic heterocycles. The first-order chi connectivity index (χ1) is 12.2. The topological polar surface area (TPSA) is 21.7 Å². The molecule has 1 fully saturated rings. The van der Waals surface area contributed by atoms with Crippen LogP contribution in [-0.4, -0.2) is 32.2 Å². The van der Waals surface area contributed by atoms with E-state index >= 15 is 0 Å². The molecule has 0 bridgehead atoms. The van der Waals surface area contributed by atoms with Crippen molar-refractivity contribution in [1.82, 2.24) is 4.90 Å². The van der Waals surface area contributed by atoms with E-state index in [1.807, 2.05) is 12.1 Å². The highest BCUT2D eigenvalue weighted by atomic mass is 35.5. The van der Waals surface area contributed by atoms with Gasteiger partial charge in [0.25, 0.3) is 0 Å². The molecule has 0 spiro atoms.